The summed E-state index contributed by atoms with van der Waals surface area (Å²) in [4.78, 5) is 50.3. The summed E-state index contributed by atoms with van der Waals surface area (Å²) in [5.41, 5.74) is 0.464. The van der Waals surface area contributed by atoms with Gasteiger partial charge in [0.2, 0.25) is 5.91 Å². The predicted molar refractivity (Wildman–Crippen MR) is 99.7 cm³/mol. The normalized spacial score (nSPS) is 13.9. The molecule has 0 bridgehead atoms. The second-order valence-corrected chi connectivity index (χ2v) is 7.25. The lowest BCUT2D eigenvalue weighted by molar-refractivity contribution is -0.402. The lowest BCUT2D eigenvalue weighted by atomic mass is 9.99. The number of rotatable bonds is 5. The van der Waals surface area contributed by atoms with Crippen LogP contribution in [-0.4, -0.2) is 44.6 Å². The Morgan fingerprint density at radius 1 is 1.17 bits per heavy atom. The molecule has 29 heavy (non-hydrogen) atoms. The Kier molecular flexibility index (Phi) is 4.43. The number of benzene rings is 1. The number of furan rings is 1. The number of fused-ring (bicyclic) bond motifs is 1. The number of thiazole rings is 1. The Labute approximate surface area is 165 Å². The molecule has 0 unspecified atom stereocenters. The number of likely N-dealkylation sites (tertiary alicyclic amines) is 1. The summed E-state index contributed by atoms with van der Waals surface area (Å²) in [7, 11) is 0. The molecule has 1 fully saturated rings. The number of hydrogen-bond donors (Lipinski definition) is 1. The van der Waals surface area contributed by atoms with Crippen molar-refractivity contribution < 1.29 is 23.9 Å². The zero-order valence-corrected chi connectivity index (χ0v) is 15.2. The summed E-state index contributed by atoms with van der Waals surface area (Å²) >= 11 is 1.11. The number of amides is 2. The lowest BCUT2D eigenvalue weighted by Crippen LogP contribution is -2.54. The highest BCUT2D eigenvalue weighted by atomic mass is 32.1. The smallest absolute Gasteiger partial charge is 0.395 e. The quantitative estimate of drug-likeness (QED) is 0.489. The van der Waals surface area contributed by atoms with E-state index in [0.29, 0.717) is 15.3 Å². The number of nitro benzene ring substituents is 1. The highest BCUT2D eigenvalue weighted by Gasteiger charge is 2.37. The molecule has 2 aromatic heterocycles. The van der Waals surface area contributed by atoms with Crippen molar-refractivity contribution in [1.29, 1.82) is 0 Å². The SMILES string of the molecule is O=C(Nc1nc2ccc([N+](=O)[O-])cc2s1)C1CN(C(=O)c2ccc([N+](=O)[O-])o2)C1. The van der Waals surface area contributed by atoms with Crippen LogP contribution in [0.1, 0.15) is 10.6 Å². The van der Waals surface area contributed by atoms with Gasteiger partial charge in [0, 0.05) is 25.2 Å². The number of nitrogens with zero attached hydrogens (tertiary/aromatic N) is 4. The van der Waals surface area contributed by atoms with Gasteiger partial charge in [-0.05, 0) is 12.1 Å². The van der Waals surface area contributed by atoms with Gasteiger partial charge in [0.25, 0.3) is 11.6 Å². The summed E-state index contributed by atoms with van der Waals surface area (Å²) in [5.74, 6) is -2.03. The van der Waals surface area contributed by atoms with Crippen molar-refractivity contribution in [2.24, 2.45) is 5.92 Å². The van der Waals surface area contributed by atoms with Gasteiger partial charge in [-0.1, -0.05) is 11.3 Å². The van der Waals surface area contributed by atoms with Gasteiger partial charge in [0.05, 0.1) is 27.1 Å². The third-order valence-corrected chi connectivity index (χ3v) is 5.27. The molecule has 13 heteroatoms. The fraction of sp³-hybridized carbons (Fsp3) is 0.188. The molecule has 0 radical (unpaired) electrons. The first-order valence-electron chi connectivity index (χ1n) is 8.21. The predicted octanol–water partition coefficient (Wildman–Crippen LogP) is 2.42. The molecule has 4 rings (SSSR count). The molecule has 0 saturated carbocycles. The van der Waals surface area contributed by atoms with E-state index in [1.165, 1.54) is 29.2 Å². The van der Waals surface area contributed by atoms with Gasteiger partial charge >= 0.3 is 5.88 Å². The van der Waals surface area contributed by atoms with E-state index in [1.807, 2.05) is 0 Å². The van der Waals surface area contributed by atoms with Crippen molar-refractivity contribution in [3.63, 3.8) is 0 Å². The van der Waals surface area contributed by atoms with Gasteiger partial charge < -0.3 is 14.6 Å². The Hall–Kier alpha value is -3.87. The number of nitro groups is 2. The van der Waals surface area contributed by atoms with Gasteiger partial charge in [0.1, 0.15) is 4.92 Å². The molecule has 1 aromatic carbocycles. The molecule has 1 aliphatic rings. The molecule has 1 N–H and O–H groups in total. The maximum atomic E-state index is 12.3. The molecule has 12 nitrogen and oxygen atoms in total. The topological polar surface area (TPSA) is 162 Å². The van der Waals surface area contributed by atoms with Gasteiger partial charge in [-0.15, -0.1) is 0 Å². The highest BCUT2D eigenvalue weighted by molar-refractivity contribution is 7.22. The van der Waals surface area contributed by atoms with Gasteiger partial charge in [-0.25, -0.2) is 4.98 Å². The van der Waals surface area contributed by atoms with Crippen molar-refractivity contribution in [2.75, 3.05) is 18.4 Å². The number of carbonyl (C=O) groups excluding carboxylic acids is 2. The summed E-state index contributed by atoms with van der Waals surface area (Å²) in [6, 6.07) is 6.53. The van der Waals surface area contributed by atoms with Crippen LogP contribution in [0.4, 0.5) is 16.7 Å². The fourth-order valence-corrected chi connectivity index (χ4v) is 3.70. The standard InChI is InChI=1S/C16H11N5O7S/c22-14(18-16-17-10-2-1-9(20(24)25)5-12(10)29-16)8-6-19(7-8)15(23)11-3-4-13(28-11)21(26)27/h1-5,8H,6-7H2,(H,17,18,22). The maximum absolute atomic E-state index is 12.3. The monoisotopic (exact) mass is 417 g/mol. The molecule has 0 spiro atoms. The molecular weight excluding hydrogens is 406 g/mol. The number of aromatic nitrogens is 1. The zero-order valence-electron chi connectivity index (χ0n) is 14.4. The van der Waals surface area contributed by atoms with Crippen molar-refractivity contribution in [1.82, 2.24) is 9.88 Å². The molecule has 1 aliphatic heterocycles. The van der Waals surface area contributed by atoms with E-state index in [4.69, 9.17) is 4.42 Å². The number of anilines is 1. The van der Waals surface area contributed by atoms with Crippen LogP contribution >= 0.6 is 11.3 Å². The van der Waals surface area contributed by atoms with Crippen LogP contribution in [-0.2, 0) is 4.79 Å². The van der Waals surface area contributed by atoms with E-state index >= 15 is 0 Å². The largest absolute Gasteiger partial charge is 0.433 e. The molecule has 3 aromatic rings. The second-order valence-electron chi connectivity index (χ2n) is 6.22. The molecular formula is C16H11N5O7S. The van der Waals surface area contributed by atoms with Crippen LogP contribution in [0.3, 0.4) is 0 Å². The Morgan fingerprint density at radius 2 is 1.93 bits per heavy atom. The summed E-state index contributed by atoms with van der Waals surface area (Å²) in [6.45, 7) is 0.269. The Balaban J connectivity index is 1.37. The van der Waals surface area contributed by atoms with Gasteiger partial charge in [0.15, 0.2) is 10.9 Å². The fourth-order valence-electron chi connectivity index (χ4n) is 2.79. The van der Waals surface area contributed by atoms with E-state index < -0.39 is 27.6 Å². The average Bonchev–Trinajstić information content (AvgIpc) is 3.26. The molecule has 0 atom stereocenters. The van der Waals surface area contributed by atoms with Crippen LogP contribution < -0.4 is 5.32 Å². The average molecular weight is 417 g/mol. The van der Waals surface area contributed by atoms with Crippen molar-refractivity contribution >= 4 is 50.1 Å². The van der Waals surface area contributed by atoms with E-state index in [2.05, 4.69) is 10.3 Å². The molecule has 0 aliphatic carbocycles. The summed E-state index contributed by atoms with van der Waals surface area (Å²) in [6.07, 6.45) is 0. The van der Waals surface area contributed by atoms with E-state index in [9.17, 15) is 29.8 Å². The third-order valence-electron chi connectivity index (χ3n) is 4.34. The van der Waals surface area contributed by atoms with Crippen LogP contribution in [0.5, 0.6) is 0 Å². The molecule has 3 heterocycles. The summed E-state index contributed by atoms with van der Waals surface area (Å²) in [5, 5.41) is 24.4. The van der Waals surface area contributed by atoms with Crippen LogP contribution in [0.25, 0.3) is 10.2 Å². The first-order chi connectivity index (χ1) is 13.8. The minimum atomic E-state index is -0.740. The van der Waals surface area contributed by atoms with Crippen LogP contribution in [0.2, 0.25) is 0 Å². The number of nitrogens with one attached hydrogen (secondary N) is 1. The summed E-state index contributed by atoms with van der Waals surface area (Å²) < 4.78 is 5.44. The van der Waals surface area contributed by atoms with Gasteiger partial charge in [-0.2, -0.15) is 0 Å². The van der Waals surface area contributed by atoms with Gasteiger partial charge in [-0.3, -0.25) is 29.8 Å². The first-order valence-corrected chi connectivity index (χ1v) is 9.03. The zero-order chi connectivity index (χ0) is 20.7. The second kappa shape index (κ2) is 6.94. The van der Waals surface area contributed by atoms with E-state index in [1.54, 1.807) is 0 Å². The minimum absolute atomic E-state index is 0.0645. The van der Waals surface area contributed by atoms with Crippen LogP contribution in [0, 0.1) is 26.1 Å². The van der Waals surface area contributed by atoms with Crippen molar-refractivity contribution in [3.05, 3.63) is 56.3 Å². The number of hydrogen-bond acceptors (Lipinski definition) is 9. The van der Waals surface area contributed by atoms with Crippen LogP contribution in [0.15, 0.2) is 34.7 Å². The molecule has 2 amide bonds. The molecule has 148 valence electrons. The first kappa shape index (κ1) is 18.5. The van der Waals surface area contributed by atoms with E-state index in [0.717, 1.165) is 17.4 Å². The molecule has 1 saturated heterocycles. The highest BCUT2D eigenvalue weighted by Crippen LogP contribution is 2.30. The number of non-ortho nitro benzene ring substituents is 1. The maximum Gasteiger partial charge on any atom is 0.433 e. The Morgan fingerprint density at radius 3 is 2.59 bits per heavy atom. The van der Waals surface area contributed by atoms with Crippen molar-refractivity contribution in [3.8, 4) is 0 Å². The third kappa shape index (κ3) is 3.50. The Bertz CT molecular complexity index is 1160. The van der Waals surface area contributed by atoms with Crippen molar-refractivity contribution in [2.45, 2.75) is 0 Å². The minimum Gasteiger partial charge on any atom is -0.395 e. The number of carbonyl (C=O) groups is 2. The lowest BCUT2D eigenvalue weighted by Gasteiger charge is -2.37. The van der Waals surface area contributed by atoms with E-state index in [-0.39, 0.29) is 30.4 Å².